The zero-order valence-electron chi connectivity index (χ0n) is 13.6. The number of nitrogens with zero attached hydrogens (tertiary/aromatic N) is 3. The van der Waals surface area contributed by atoms with Gasteiger partial charge in [0.25, 0.3) is 0 Å². The lowest BCUT2D eigenvalue weighted by molar-refractivity contribution is -0.383. The fourth-order valence-electron chi connectivity index (χ4n) is 2.22. The van der Waals surface area contributed by atoms with Gasteiger partial charge in [-0.05, 0) is 71.1 Å². The molecule has 1 heterocycles. The minimum absolute atomic E-state index is 0.100. The molecule has 0 spiro atoms. The molecule has 8 nitrogen and oxygen atoms in total. The average Bonchev–Trinajstić information content (AvgIpc) is 2.64. The Hall–Kier alpha value is -2.95. The van der Waals surface area contributed by atoms with Gasteiger partial charge in [0.1, 0.15) is 12.1 Å². The first-order valence-electron chi connectivity index (χ1n) is 7.50. The zero-order valence-corrected chi connectivity index (χ0v) is 15.8. The SMILES string of the molecule is COc1ccc(Nc2ncnc(Nc3ccc(I)cc3)c2[N+](=O)[O-])cc1. The van der Waals surface area contributed by atoms with Crippen LogP contribution in [0.5, 0.6) is 5.75 Å². The Bertz CT molecular complexity index is 917. The van der Waals surface area contributed by atoms with Gasteiger partial charge in [0.15, 0.2) is 0 Å². The molecule has 26 heavy (non-hydrogen) atoms. The first kappa shape index (κ1) is 17.9. The van der Waals surface area contributed by atoms with Crippen molar-refractivity contribution in [3.8, 4) is 5.75 Å². The number of rotatable bonds is 6. The van der Waals surface area contributed by atoms with E-state index in [1.807, 2.05) is 24.3 Å². The van der Waals surface area contributed by atoms with Gasteiger partial charge in [-0.1, -0.05) is 0 Å². The van der Waals surface area contributed by atoms with Crippen LogP contribution in [0.15, 0.2) is 54.9 Å². The highest BCUT2D eigenvalue weighted by Gasteiger charge is 2.23. The number of anilines is 4. The number of ether oxygens (including phenoxy) is 1. The summed E-state index contributed by atoms with van der Waals surface area (Å²) in [5.74, 6) is 0.902. The quantitative estimate of drug-likeness (QED) is 0.316. The van der Waals surface area contributed by atoms with Crippen LogP contribution in [0.4, 0.5) is 28.7 Å². The van der Waals surface area contributed by atoms with Crippen LogP contribution in [-0.2, 0) is 0 Å². The van der Waals surface area contributed by atoms with Crippen LogP contribution in [0.1, 0.15) is 0 Å². The summed E-state index contributed by atoms with van der Waals surface area (Å²) in [6.45, 7) is 0. The summed E-state index contributed by atoms with van der Waals surface area (Å²) in [6.07, 6.45) is 1.27. The smallest absolute Gasteiger partial charge is 0.353 e. The van der Waals surface area contributed by atoms with Gasteiger partial charge in [-0.2, -0.15) is 0 Å². The maximum Gasteiger partial charge on any atom is 0.353 e. The third kappa shape index (κ3) is 4.17. The molecule has 0 unspecified atom stereocenters. The van der Waals surface area contributed by atoms with Crippen LogP contribution in [0.25, 0.3) is 0 Å². The highest BCUT2D eigenvalue weighted by molar-refractivity contribution is 14.1. The molecule has 1 aromatic heterocycles. The van der Waals surface area contributed by atoms with E-state index in [0.29, 0.717) is 17.1 Å². The second-order valence-corrected chi connectivity index (χ2v) is 6.41. The summed E-state index contributed by atoms with van der Waals surface area (Å²) in [7, 11) is 1.57. The van der Waals surface area contributed by atoms with Gasteiger partial charge in [-0.3, -0.25) is 10.1 Å². The monoisotopic (exact) mass is 463 g/mol. The molecule has 2 N–H and O–H groups in total. The number of halogens is 1. The van der Waals surface area contributed by atoms with Crippen molar-refractivity contribution >= 4 is 51.3 Å². The van der Waals surface area contributed by atoms with Crippen LogP contribution in [-0.4, -0.2) is 22.0 Å². The maximum atomic E-state index is 11.6. The minimum Gasteiger partial charge on any atom is -0.497 e. The number of nitrogens with one attached hydrogen (secondary N) is 2. The number of hydrogen-bond donors (Lipinski definition) is 2. The number of nitro groups is 1. The first-order chi connectivity index (χ1) is 12.6. The van der Waals surface area contributed by atoms with Crippen molar-refractivity contribution in [1.82, 2.24) is 9.97 Å². The van der Waals surface area contributed by atoms with E-state index in [2.05, 4.69) is 43.2 Å². The molecule has 2 aromatic carbocycles. The van der Waals surface area contributed by atoms with Gasteiger partial charge in [0, 0.05) is 14.9 Å². The zero-order chi connectivity index (χ0) is 18.5. The Labute approximate surface area is 162 Å². The molecule has 0 atom stereocenters. The molecule has 0 radical (unpaired) electrons. The molecule has 0 amide bonds. The molecule has 0 saturated heterocycles. The van der Waals surface area contributed by atoms with Crippen molar-refractivity contribution in [3.63, 3.8) is 0 Å². The second kappa shape index (κ2) is 7.95. The standard InChI is InChI=1S/C17H14IN5O3/c1-26-14-8-6-13(7-9-14)22-17-15(23(24)25)16(19-10-20-17)21-12-4-2-11(18)3-5-12/h2-10H,1H3,(H2,19,20,21,22). The molecular weight excluding hydrogens is 449 g/mol. The Balaban J connectivity index is 1.92. The molecule has 132 valence electrons. The van der Waals surface area contributed by atoms with Gasteiger partial charge in [0.2, 0.25) is 11.6 Å². The van der Waals surface area contributed by atoms with Crippen molar-refractivity contribution in [2.75, 3.05) is 17.7 Å². The lowest BCUT2D eigenvalue weighted by Gasteiger charge is -2.10. The molecule has 0 fully saturated rings. The van der Waals surface area contributed by atoms with Gasteiger partial charge < -0.3 is 15.4 Å². The topological polar surface area (TPSA) is 102 Å². The van der Waals surface area contributed by atoms with E-state index in [-0.39, 0.29) is 17.3 Å². The number of benzene rings is 2. The van der Waals surface area contributed by atoms with E-state index in [1.54, 1.807) is 31.4 Å². The molecule has 3 rings (SSSR count). The lowest BCUT2D eigenvalue weighted by Crippen LogP contribution is -2.05. The molecule has 9 heteroatoms. The fraction of sp³-hybridized carbons (Fsp3) is 0.0588. The van der Waals surface area contributed by atoms with Crippen molar-refractivity contribution in [1.29, 1.82) is 0 Å². The normalized spacial score (nSPS) is 10.2. The van der Waals surface area contributed by atoms with Crippen LogP contribution >= 0.6 is 22.6 Å². The third-order valence-corrected chi connectivity index (χ3v) is 4.18. The van der Waals surface area contributed by atoms with Crippen molar-refractivity contribution < 1.29 is 9.66 Å². The highest BCUT2D eigenvalue weighted by Crippen LogP contribution is 2.33. The van der Waals surface area contributed by atoms with Crippen LogP contribution in [0, 0.1) is 13.7 Å². The molecule has 0 aliphatic heterocycles. The predicted molar refractivity (Wildman–Crippen MR) is 107 cm³/mol. The van der Waals surface area contributed by atoms with Crippen LogP contribution in [0.2, 0.25) is 0 Å². The summed E-state index contributed by atoms with van der Waals surface area (Å²) in [6, 6.07) is 14.4. The third-order valence-electron chi connectivity index (χ3n) is 3.46. The van der Waals surface area contributed by atoms with E-state index >= 15 is 0 Å². The van der Waals surface area contributed by atoms with Crippen LogP contribution in [0.3, 0.4) is 0 Å². The molecular formula is C17H14IN5O3. The van der Waals surface area contributed by atoms with Crippen molar-refractivity contribution in [2.45, 2.75) is 0 Å². The highest BCUT2D eigenvalue weighted by atomic mass is 127. The van der Waals surface area contributed by atoms with Crippen LogP contribution < -0.4 is 15.4 Å². The minimum atomic E-state index is -0.513. The predicted octanol–water partition coefficient (Wildman–Crippen LogP) is 4.49. The lowest BCUT2D eigenvalue weighted by atomic mass is 10.3. The van der Waals surface area contributed by atoms with Gasteiger partial charge in [-0.25, -0.2) is 9.97 Å². The Morgan fingerprint density at radius 1 is 0.962 bits per heavy atom. The summed E-state index contributed by atoms with van der Waals surface area (Å²) in [5, 5.41) is 17.5. The average molecular weight is 463 g/mol. The van der Waals surface area contributed by atoms with E-state index in [4.69, 9.17) is 4.74 Å². The van der Waals surface area contributed by atoms with Gasteiger partial charge >= 0.3 is 5.69 Å². The second-order valence-electron chi connectivity index (χ2n) is 5.16. The largest absolute Gasteiger partial charge is 0.497 e. The summed E-state index contributed by atoms with van der Waals surface area (Å²) in [5.41, 5.74) is 1.11. The van der Waals surface area contributed by atoms with E-state index < -0.39 is 4.92 Å². The molecule has 0 saturated carbocycles. The first-order valence-corrected chi connectivity index (χ1v) is 8.58. The molecule has 3 aromatic rings. The molecule has 0 bridgehead atoms. The summed E-state index contributed by atoms with van der Waals surface area (Å²) >= 11 is 2.19. The number of hydrogen-bond acceptors (Lipinski definition) is 7. The molecule has 0 aliphatic rings. The summed E-state index contributed by atoms with van der Waals surface area (Å²) in [4.78, 5) is 19.1. The maximum absolute atomic E-state index is 11.6. The molecule has 0 aliphatic carbocycles. The van der Waals surface area contributed by atoms with Gasteiger partial charge in [-0.15, -0.1) is 0 Å². The Kier molecular flexibility index (Phi) is 5.46. The Morgan fingerprint density at radius 2 is 1.46 bits per heavy atom. The van der Waals surface area contributed by atoms with Gasteiger partial charge in [0.05, 0.1) is 12.0 Å². The van der Waals surface area contributed by atoms with Crippen molar-refractivity contribution in [3.05, 3.63) is 68.5 Å². The fourth-order valence-corrected chi connectivity index (χ4v) is 2.58. The van der Waals surface area contributed by atoms with E-state index in [9.17, 15) is 10.1 Å². The summed E-state index contributed by atoms with van der Waals surface area (Å²) < 4.78 is 6.17. The van der Waals surface area contributed by atoms with E-state index in [1.165, 1.54) is 6.33 Å². The number of aromatic nitrogens is 2. The van der Waals surface area contributed by atoms with Crippen molar-refractivity contribution in [2.24, 2.45) is 0 Å². The Morgan fingerprint density at radius 3 is 1.92 bits per heavy atom. The van der Waals surface area contributed by atoms with E-state index in [0.717, 1.165) is 3.57 Å². The number of methoxy groups -OCH3 is 1.